The van der Waals surface area contributed by atoms with E-state index in [1.165, 1.54) is 12.4 Å². The maximum Gasteiger partial charge on any atom is 0.158 e. The van der Waals surface area contributed by atoms with Crippen molar-refractivity contribution in [3.05, 3.63) is 42.7 Å². The molecule has 29 heavy (non-hydrogen) atoms. The van der Waals surface area contributed by atoms with Crippen LogP contribution in [0.25, 0.3) is 11.1 Å². The van der Waals surface area contributed by atoms with Crippen molar-refractivity contribution >= 4 is 17.3 Å². The number of rotatable bonds is 6. The van der Waals surface area contributed by atoms with Crippen LogP contribution in [0.4, 0.5) is 17.3 Å². The molecule has 4 rings (SSSR count). The molecule has 3 aromatic rings. The number of aryl methyl sites for hydroxylation is 1. The van der Waals surface area contributed by atoms with Gasteiger partial charge in [0.05, 0.1) is 31.3 Å². The Kier molecular flexibility index (Phi) is 5.60. The predicted octanol–water partition coefficient (Wildman–Crippen LogP) is 1.29. The monoisotopic (exact) mass is 391 g/mol. The normalized spacial score (nSPS) is 16.2. The fourth-order valence-electron chi connectivity index (χ4n) is 3.02. The highest BCUT2D eigenvalue weighted by Gasteiger charge is 2.15. The maximum atomic E-state index is 8.85. The average molecular weight is 391 g/mol. The van der Waals surface area contributed by atoms with Gasteiger partial charge in [0.2, 0.25) is 0 Å². The smallest absolute Gasteiger partial charge is 0.158 e. The van der Waals surface area contributed by atoms with Crippen molar-refractivity contribution in [1.82, 2.24) is 30.0 Å². The third-order valence-corrected chi connectivity index (χ3v) is 4.47. The molecular weight excluding hydrogens is 370 g/mol. The molecule has 0 bridgehead atoms. The number of aromatic nitrogens is 5. The lowest BCUT2D eigenvalue weighted by Crippen LogP contribution is -2.42. The van der Waals surface area contributed by atoms with Crippen molar-refractivity contribution in [3.63, 3.8) is 0 Å². The minimum Gasteiger partial charge on any atom is -0.382 e. The zero-order valence-corrected chi connectivity index (χ0v) is 16.0. The molecule has 1 fully saturated rings. The van der Waals surface area contributed by atoms with Crippen LogP contribution in [0.1, 0.15) is 5.69 Å². The van der Waals surface area contributed by atoms with Crippen molar-refractivity contribution in [2.45, 2.75) is 6.10 Å². The lowest BCUT2D eigenvalue weighted by Gasteiger charge is -2.24. The van der Waals surface area contributed by atoms with E-state index in [0.29, 0.717) is 24.8 Å². The van der Waals surface area contributed by atoms with Gasteiger partial charge in [-0.15, -0.1) is 0 Å². The van der Waals surface area contributed by atoms with Crippen LogP contribution in [-0.2, 0) is 11.8 Å². The Morgan fingerprint density at radius 2 is 2.14 bits per heavy atom. The van der Waals surface area contributed by atoms with Crippen molar-refractivity contribution in [1.29, 1.82) is 5.26 Å². The molecule has 4 heterocycles. The van der Waals surface area contributed by atoms with Crippen molar-refractivity contribution in [2.75, 3.05) is 36.9 Å². The summed E-state index contributed by atoms with van der Waals surface area (Å²) >= 11 is 0. The van der Waals surface area contributed by atoms with Gasteiger partial charge in [-0.25, -0.2) is 15.0 Å². The van der Waals surface area contributed by atoms with E-state index in [2.05, 4.69) is 36.0 Å². The predicted molar refractivity (Wildman–Crippen MR) is 108 cm³/mol. The Balaban J connectivity index is 1.57. The first-order valence-corrected chi connectivity index (χ1v) is 9.25. The topological polar surface area (TPSA) is 126 Å². The van der Waals surface area contributed by atoms with E-state index in [1.54, 1.807) is 17.1 Å². The van der Waals surface area contributed by atoms with Gasteiger partial charge in [0.1, 0.15) is 17.7 Å². The second-order valence-corrected chi connectivity index (χ2v) is 6.62. The molecule has 1 aliphatic rings. The fourth-order valence-corrected chi connectivity index (χ4v) is 3.02. The summed E-state index contributed by atoms with van der Waals surface area (Å²) < 4.78 is 7.54. The van der Waals surface area contributed by atoms with Gasteiger partial charge in [0.25, 0.3) is 0 Å². The van der Waals surface area contributed by atoms with Gasteiger partial charge in [-0.05, 0) is 0 Å². The Morgan fingerprint density at radius 1 is 1.24 bits per heavy atom. The highest BCUT2D eigenvalue weighted by Crippen LogP contribution is 2.29. The Labute approximate surface area is 168 Å². The van der Waals surface area contributed by atoms with Gasteiger partial charge in [0.15, 0.2) is 5.69 Å². The van der Waals surface area contributed by atoms with Crippen molar-refractivity contribution < 1.29 is 4.74 Å². The number of morpholine rings is 1. The van der Waals surface area contributed by atoms with Gasteiger partial charge < -0.3 is 20.7 Å². The molecule has 1 aliphatic heterocycles. The number of ether oxygens (including phenoxy) is 1. The molecule has 0 spiro atoms. The number of nitrogens with one attached hydrogen (secondary N) is 3. The first kappa shape index (κ1) is 18.8. The summed E-state index contributed by atoms with van der Waals surface area (Å²) in [5.41, 5.74) is 3.08. The highest BCUT2D eigenvalue weighted by atomic mass is 16.5. The second-order valence-electron chi connectivity index (χ2n) is 6.62. The summed E-state index contributed by atoms with van der Waals surface area (Å²) in [7, 11) is 1.88. The molecule has 3 N–H and O–H groups in total. The lowest BCUT2D eigenvalue weighted by atomic mass is 10.1. The zero-order chi connectivity index (χ0) is 20.1. The summed E-state index contributed by atoms with van der Waals surface area (Å²) in [6.07, 6.45) is 8.56. The van der Waals surface area contributed by atoms with Gasteiger partial charge in [0, 0.05) is 62.0 Å². The van der Waals surface area contributed by atoms with Gasteiger partial charge in [-0.1, -0.05) is 0 Å². The van der Waals surface area contributed by atoms with Gasteiger partial charge in [-0.2, -0.15) is 10.4 Å². The number of hydrogen-bond acceptors (Lipinski definition) is 9. The van der Waals surface area contributed by atoms with Crippen molar-refractivity contribution in [2.24, 2.45) is 7.05 Å². The molecule has 0 aromatic carbocycles. The van der Waals surface area contributed by atoms with Gasteiger partial charge >= 0.3 is 0 Å². The summed E-state index contributed by atoms with van der Waals surface area (Å²) in [4.78, 5) is 12.7. The number of pyridine rings is 1. The third kappa shape index (κ3) is 4.66. The number of nitrogens with zero attached hydrogens (tertiary/aromatic N) is 6. The SMILES string of the molecule is Cn1cc(-c2cnc(Nc3cnc(C#N)cn3)cc2NCC2CNCCO2)cn1. The molecule has 3 aromatic heterocycles. The summed E-state index contributed by atoms with van der Waals surface area (Å²) in [5.74, 6) is 1.12. The molecule has 10 heteroatoms. The standard InChI is InChI=1S/C19H21N9O/c1-28-12-13(6-26-28)16-10-25-18(27-19-11-22-14(5-20)7-24-19)4-17(16)23-9-15-8-21-2-3-29-15/h4,6-7,10-12,15,21H,2-3,8-9H2,1H3,(H2,23,24,25,27). The maximum absolute atomic E-state index is 8.85. The number of hydrogen-bond donors (Lipinski definition) is 3. The van der Waals surface area contributed by atoms with Crippen LogP contribution in [0.15, 0.2) is 37.1 Å². The fraction of sp³-hybridized carbons (Fsp3) is 0.316. The largest absolute Gasteiger partial charge is 0.382 e. The molecule has 148 valence electrons. The van der Waals surface area contributed by atoms with Crippen LogP contribution in [0.5, 0.6) is 0 Å². The molecule has 0 aliphatic carbocycles. The van der Waals surface area contributed by atoms with Crippen molar-refractivity contribution in [3.8, 4) is 17.2 Å². The van der Waals surface area contributed by atoms with Crippen LogP contribution >= 0.6 is 0 Å². The molecular formula is C19H21N9O. The van der Waals surface area contributed by atoms with E-state index in [-0.39, 0.29) is 11.8 Å². The quantitative estimate of drug-likeness (QED) is 0.570. The summed E-state index contributed by atoms with van der Waals surface area (Å²) in [5, 5.41) is 23.0. The molecule has 1 saturated heterocycles. The van der Waals surface area contributed by atoms with Crippen LogP contribution in [0.2, 0.25) is 0 Å². The first-order chi connectivity index (χ1) is 14.2. The minimum absolute atomic E-state index is 0.0967. The number of nitriles is 1. The van der Waals surface area contributed by atoms with E-state index in [1.807, 2.05) is 25.4 Å². The highest BCUT2D eigenvalue weighted by molar-refractivity contribution is 5.79. The minimum atomic E-state index is 0.0967. The van der Waals surface area contributed by atoms with E-state index in [0.717, 1.165) is 29.9 Å². The zero-order valence-electron chi connectivity index (χ0n) is 16.0. The number of anilines is 3. The molecule has 0 amide bonds. The Morgan fingerprint density at radius 3 is 2.83 bits per heavy atom. The van der Waals surface area contributed by atoms with Crippen LogP contribution in [0, 0.1) is 11.3 Å². The molecule has 1 atom stereocenters. The second kappa shape index (κ2) is 8.64. The summed E-state index contributed by atoms with van der Waals surface area (Å²) in [6, 6.07) is 3.87. The Hall–Kier alpha value is -3.55. The average Bonchev–Trinajstić information content (AvgIpc) is 3.20. The molecule has 10 nitrogen and oxygen atoms in total. The van der Waals surface area contributed by atoms with E-state index in [9.17, 15) is 0 Å². The van der Waals surface area contributed by atoms with E-state index < -0.39 is 0 Å². The lowest BCUT2D eigenvalue weighted by molar-refractivity contribution is 0.0372. The van der Waals surface area contributed by atoms with E-state index >= 15 is 0 Å². The van der Waals surface area contributed by atoms with E-state index in [4.69, 9.17) is 10.00 Å². The molecule has 0 saturated carbocycles. The van der Waals surface area contributed by atoms with Gasteiger partial charge in [-0.3, -0.25) is 4.68 Å². The van der Waals surface area contributed by atoms with Crippen LogP contribution < -0.4 is 16.0 Å². The van der Waals surface area contributed by atoms with Crippen LogP contribution in [0.3, 0.4) is 0 Å². The Bertz CT molecular complexity index is 1000. The first-order valence-electron chi connectivity index (χ1n) is 9.25. The van der Waals surface area contributed by atoms with Crippen LogP contribution in [-0.4, -0.2) is 57.1 Å². The third-order valence-electron chi connectivity index (χ3n) is 4.47. The molecule has 1 unspecified atom stereocenters. The summed E-state index contributed by atoms with van der Waals surface area (Å²) in [6.45, 7) is 3.07. The molecule has 0 radical (unpaired) electrons.